The number of ether oxygens (including phenoxy) is 2. The molecule has 0 bridgehead atoms. The van der Waals surface area contributed by atoms with Crippen molar-refractivity contribution in [3.05, 3.63) is 71.9 Å². The van der Waals surface area contributed by atoms with Crippen LogP contribution in [0.15, 0.2) is 60.8 Å². The number of aliphatic carboxylic acids is 1. The van der Waals surface area contributed by atoms with Crippen molar-refractivity contribution in [1.29, 1.82) is 0 Å². The fourth-order valence-corrected chi connectivity index (χ4v) is 5.79. The summed E-state index contributed by atoms with van der Waals surface area (Å²) in [5, 5.41) is 16.5. The van der Waals surface area contributed by atoms with Crippen LogP contribution in [0.4, 0.5) is 4.79 Å². The summed E-state index contributed by atoms with van der Waals surface area (Å²) >= 11 is 0. The predicted octanol–water partition coefficient (Wildman–Crippen LogP) is 5.04. The van der Waals surface area contributed by atoms with Crippen molar-refractivity contribution in [3.8, 4) is 0 Å². The highest BCUT2D eigenvalue weighted by atomic mass is 16.6. The molecule has 4 N–H and O–H groups in total. The summed E-state index contributed by atoms with van der Waals surface area (Å²) in [4.78, 5) is 58.1. The molecule has 3 aromatic rings. The van der Waals surface area contributed by atoms with Crippen LogP contribution in [0, 0.1) is 11.8 Å². The molecular formula is C36H48N4O7. The lowest BCUT2D eigenvalue weighted by atomic mass is 9.92. The van der Waals surface area contributed by atoms with Gasteiger partial charge < -0.3 is 30.2 Å². The van der Waals surface area contributed by atoms with E-state index in [1.165, 1.54) is 4.90 Å². The van der Waals surface area contributed by atoms with Gasteiger partial charge in [0.05, 0.1) is 6.61 Å². The van der Waals surface area contributed by atoms with E-state index in [1.807, 2.05) is 61.5 Å². The van der Waals surface area contributed by atoms with E-state index in [-0.39, 0.29) is 18.8 Å². The number of rotatable bonds is 13. The van der Waals surface area contributed by atoms with Crippen molar-refractivity contribution in [3.63, 3.8) is 0 Å². The van der Waals surface area contributed by atoms with Gasteiger partial charge in [0.15, 0.2) is 0 Å². The fraction of sp³-hybridized carbons (Fsp3) is 0.500. The lowest BCUT2D eigenvalue weighted by Gasteiger charge is -2.38. The van der Waals surface area contributed by atoms with Gasteiger partial charge in [-0.25, -0.2) is 9.59 Å². The Hall–Kier alpha value is -4.38. The number of carbonyl (C=O) groups is 4. The fourth-order valence-electron chi connectivity index (χ4n) is 5.79. The molecule has 1 aromatic heterocycles. The first-order chi connectivity index (χ1) is 22.4. The molecule has 47 heavy (non-hydrogen) atoms. The summed E-state index contributed by atoms with van der Waals surface area (Å²) in [6, 6.07) is 15.0. The number of nitrogens with zero attached hydrogens (tertiary/aromatic N) is 1. The van der Waals surface area contributed by atoms with Crippen LogP contribution in [0.5, 0.6) is 0 Å². The van der Waals surface area contributed by atoms with Crippen LogP contribution >= 0.6 is 0 Å². The molecule has 4 rings (SSSR count). The van der Waals surface area contributed by atoms with E-state index < -0.39 is 53.7 Å². The van der Waals surface area contributed by atoms with Gasteiger partial charge in [0.1, 0.15) is 23.9 Å². The molecule has 1 saturated heterocycles. The maximum absolute atomic E-state index is 14.2. The van der Waals surface area contributed by atoms with E-state index in [2.05, 4.69) is 15.6 Å². The highest BCUT2D eigenvalue weighted by Crippen LogP contribution is 2.25. The second kappa shape index (κ2) is 15.9. The average Bonchev–Trinajstić information content (AvgIpc) is 3.44. The highest BCUT2D eigenvalue weighted by Gasteiger charge is 2.37. The summed E-state index contributed by atoms with van der Waals surface area (Å²) in [7, 11) is 0. The molecule has 0 radical (unpaired) electrons. The summed E-state index contributed by atoms with van der Waals surface area (Å²) in [5.41, 5.74) is 1.90. The van der Waals surface area contributed by atoms with E-state index >= 15 is 0 Å². The van der Waals surface area contributed by atoms with Crippen molar-refractivity contribution >= 4 is 34.8 Å². The summed E-state index contributed by atoms with van der Waals surface area (Å²) in [6.07, 6.45) is 2.41. The van der Waals surface area contributed by atoms with Crippen molar-refractivity contribution in [2.75, 3.05) is 13.2 Å². The molecule has 0 saturated carbocycles. The van der Waals surface area contributed by atoms with E-state index in [9.17, 15) is 24.3 Å². The molecule has 2 heterocycles. The first-order valence-corrected chi connectivity index (χ1v) is 16.4. The Morgan fingerprint density at radius 2 is 1.72 bits per heavy atom. The van der Waals surface area contributed by atoms with Crippen LogP contribution in [0.3, 0.4) is 0 Å². The molecule has 0 spiro atoms. The van der Waals surface area contributed by atoms with Crippen LogP contribution in [0.25, 0.3) is 10.9 Å². The lowest BCUT2D eigenvalue weighted by molar-refractivity contribution is -0.144. The molecule has 1 aliphatic rings. The smallest absolute Gasteiger partial charge is 0.412 e. The Bertz CT molecular complexity index is 1520. The molecular weight excluding hydrogens is 600 g/mol. The van der Waals surface area contributed by atoms with Crippen molar-refractivity contribution in [2.45, 2.75) is 90.6 Å². The van der Waals surface area contributed by atoms with E-state index in [1.54, 1.807) is 33.9 Å². The van der Waals surface area contributed by atoms with E-state index in [0.29, 0.717) is 32.4 Å². The number of nitrogens with one attached hydrogen (secondary N) is 3. The Morgan fingerprint density at radius 1 is 1.02 bits per heavy atom. The number of para-hydroxylation sites is 1. The molecule has 1 aliphatic heterocycles. The van der Waals surface area contributed by atoms with Crippen LogP contribution in [-0.4, -0.2) is 75.9 Å². The summed E-state index contributed by atoms with van der Waals surface area (Å²) < 4.78 is 11.7. The van der Waals surface area contributed by atoms with E-state index in [0.717, 1.165) is 22.0 Å². The highest BCUT2D eigenvalue weighted by molar-refractivity contribution is 5.92. The number of carboxylic acids is 1. The zero-order chi connectivity index (χ0) is 34.1. The minimum atomic E-state index is -1.14. The third-order valence-electron chi connectivity index (χ3n) is 8.52. The first-order valence-electron chi connectivity index (χ1n) is 16.4. The van der Waals surface area contributed by atoms with Gasteiger partial charge in [0.25, 0.3) is 0 Å². The number of carbonyl (C=O) groups excluding carboxylic acids is 3. The van der Waals surface area contributed by atoms with Gasteiger partial charge in [-0.1, -0.05) is 68.8 Å². The molecule has 0 aliphatic carbocycles. The van der Waals surface area contributed by atoms with Crippen molar-refractivity contribution in [1.82, 2.24) is 20.5 Å². The molecule has 3 amide bonds. The zero-order valence-corrected chi connectivity index (χ0v) is 28.0. The van der Waals surface area contributed by atoms with Crippen LogP contribution in [0.2, 0.25) is 0 Å². The minimum Gasteiger partial charge on any atom is -0.480 e. The van der Waals surface area contributed by atoms with Gasteiger partial charge in [-0.2, -0.15) is 0 Å². The van der Waals surface area contributed by atoms with Crippen molar-refractivity contribution < 1.29 is 33.8 Å². The molecule has 11 heteroatoms. The molecule has 254 valence electrons. The van der Waals surface area contributed by atoms with Crippen molar-refractivity contribution in [2.24, 2.45) is 11.8 Å². The van der Waals surface area contributed by atoms with Gasteiger partial charge in [-0.3, -0.25) is 14.5 Å². The topological polar surface area (TPSA) is 150 Å². The first kappa shape index (κ1) is 35.5. The third kappa shape index (κ3) is 9.81. The standard InChI is InChI=1S/C36H48N4O7/c1-6-23(2)31(34(43)44)39-33(42)29(20-26-22-37-28-16-11-10-15-27(26)28)38-32(41)25(19-24-13-8-7-9-14-24)21-30-40(17-12-18-46-30)35(45)47-36(3,4)5/h7-11,13-16,22-23,25,29-31,37H,6,12,17-21H2,1-5H3,(H,38,41)(H,39,42)(H,43,44)/t23-,25?,29-,30?,31-/m0/s1. The third-order valence-corrected chi connectivity index (χ3v) is 8.52. The lowest BCUT2D eigenvalue weighted by Crippen LogP contribution is -2.55. The van der Waals surface area contributed by atoms with Gasteiger partial charge in [-0.05, 0) is 56.7 Å². The maximum atomic E-state index is 14.2. The second-order valence-corrected chi connectivity index (χ2v) is 13.3. The number of aromatic amines is 1. The van der Waals surface area contributed by atoms with Crippen LogP contribution in [0.1, 0.15) is 65.0 Å². The summed E-state index contributed by atoms with van der Waals surface area (Å²) in [6.45, 7) is 9.88. The molecule has 5 atom stereocenters. The number of hydrogen-bond donors (Lipinski definition) is 4. The summed E-state index contributed by atoms with van der Waals surface area (Å²) in [5.74, 6) is -3.13. The largest absolute Gasteiger partial charge is 0.480 e. The molecule has 11 nitrogen and oxygen atoms in total. The van der Waals surface area contributed by atoms with Gasteiger partial charge in [0, 0.05) is 42.4 Å². The Kier molecular flexibility index (Phi) is 12.0. The maximum Gasteiger partial charge on any atom is 0.412 e. The number of H-pyrrole nitrogens is 1. The predicted molar refractivity (Wildman–Crippen MR) is 179 cm³/mol. The minimum absolute atomic E-state index is 0.135. The number of aromatic nitrogens is 1. The number of amides is 3. The quantitative estimate of drug-likeness (QED) is 0.203. The molecule has 2 unspecified atom stereocenters. The zero-order valence-electron chi connectivity index (χ0n) is 28.0. The SMILES string of the molecule is CC[C@H](C)[C@H](NC(=O)[C@H](Cc1c[nH]c2ccccc12)NC(=O)C(Cc1ccccc1)CC1OCCCN1C(=O)OC(C)(C)C)C(=O)O. The number of fused-ring (bicyclic) bond motifs is 1. The average molecular weight is 649 g/mol. The molecule has 1 fully saturated rings. The van der Waals surface area contributed by atoms with Gasteiger partial charge >= 0.3 is 12.1 Å². The van der Waals surface area contributed by atoms with Gasteiger partial charge in [-0.15, -0.1) is 0 Å². The Balaban J connectivity index is 1.63. The van der Waals surface area contributed by atoms with Crippen LogP contribution < -0.4 is 10.6 Å². The Morgan fingerprint density at radius 3 is 2.40 bits per heavy atom. The number of carboxylic acid groups (broad SMARTS) is 1. The molecule has 2 aromatic carbocycles. The van der Waals surface area contributed by atoms with Crippen LogP contribution in [-0.2, 0) is 36.7 Å². The monoisotopic (exact) mass is 648 g/mol. The Labute approximate surface area is 276 Å². The number of benzene rings is 2. The normalized spacial score (nSPS) is 17.7. The van der Waals surface area contributed by atoms with E-state index in [4.69, 9.17) is 9.47 Å². The number of hydrogen-bond acceptors (Lipinski definition) is 6. The van der Waals surface area contributed by atoms with Gasteiger partial charge in [0.2, 0.25) is 11.8 Å². The second-order valence-electron chi connectivity index (χ2n) is 13.3.